The van der Waals surface area contributed by atoms with E-state index in [0.717, 1.165) is 18.6 Å². The van der Waals surface area contributed by atoms with E-state index in [1.807, 2.05) is 61.6 Å². The normalized spacial score (nSPS) is 21.7. The average Bonchev–Trinajstić information content (AvgIpc) is 2.97. The molecule has 2 atom stereocenters. The third-order valence-electron chi connectivity index (χ3n) is 5.34. The molecule has 0 radical (unpaired) electrons. The number of ether oxygens (including phenoxy) is 1. The largest absolute Gasteiger partial charge is 0.457 e. The van der Waals surface area contributed by atoms with E-state index < -0.39 is 0 Å². The van der Waals surface area contributed by atoms with Crippen LogP contribution in [0.3, 0.4) is 0 Å². The van der Waals surface area contributed by atoms with Crippen LogP contribution in [0.1, 0.15) is 12.8 Å². The van der Waals surface area contributed by atoms with Gasteiger partial charge in [-0.05, 0) is 49.2 Å². The third kappa shape index (κ3) is 3.74. The Labute approximate surface area is 158 Å². The zero-order chi connectivity index (χ0) is 18.8. The van der Waals surface area contributed by atoms with Gasteiger partial charge in [-0.25, -0.2) is 4.79 Å². The minimum absolute atomic E-state index is 0.0823. The molecule has 2 aromatic carbocycles. The number of benzene rings is 2. The summed E-state index contributed by atoms with van der Waals surface area (Å²) in [6.45, 7) is 1.07. The fraction of sp³-hybridized carbons (Fsp3) is 0.333. The molecule has 0 aliphatic carbocycles. The Hall–Kier alpha value is -3.02. The molecule has 6 nitrogen and oxygen atoms in total. The fourth-order valence-electron chi connectivity index (χ4n) is 3.76. The molecule has 0 saturated carbocycles. The zero-order valence-electron chi connectivity index (χ0n) is 15.3. The van der Waals surface area contributed by atoms with Crippen molar-refractivity contribution in [3.8, 4) is 11.5 Å². The van der Waals surface area contributed by atoms with Gasteiger partial charge >= 0.3 is 6.03 Å². The van der Waals surface area contributed by atoms with Crippen LogP contribution in [0.4, 0.5) is 10.5 Å². The molecular formula is C21H23N3O3. The lowest BCUT2D eigenvalue weighted by molar-refractivity contribution is -0.138. The number of fused-ring (bicyclic) bond motifs is 4. The molecule has 140 valence electrons. The lowest BCUT2D eigenvalue weighted by Gasteiger charge is -2.32. The quantitative estimate of drug-likeness (QED) is 0.905. The standard InChI is InChI=1S/C21H23N3O3/c1-23-17-10-7-15(20(23)25)13-24(14-17)21(26)22-16-8-11-19(12-9-16)27-18-5-3-2-4-6-18/h2-6,8-9,11-12,15,17H,7,10,13-14H2,1H3,(H,22,26). The van der Waals surface area contributed by atoms with Gasteiger partial charge in [-0.2, -0.15) is 0 Å². The second-order valence-corrected chi connectivity index (χ2v) is 7.15. The van der Waals surface area contributed by atoms with E-state index in [2.05, 4.69) is 5.32 Å². The number of anilines is 1. The molecule has 0 aromatic heterocycles. The number of hydrogen-bond donors (Lipinski definition) is 1. The molecule has 3 aliphatic heterocycles. The van der Waals surface area contributed by atoms with Crippen LogP contribution < -0.4 is 10.1 Å². The average molecular weight is 365 g/mol. The fourth-order valence-corrected chi connectivity index (χ4v) is 3.76. The lowest BCUT2D eigenvalue weighted by Crippen LogP contribution is -2.45. The summed E-state index contributed by atoms with van der Waals surface area (Å²) in [5.41, 5.74) is 0.705. The van der Waals surface area contributed by atoms with E-state index in [1.165, 1.54) is 0 Å². The predicted molar refractivity (Wildman–Crippen MR) is 103 cm³/mol. The molecule has 5 rings (SSSR count). The summed E-state index contributed by atoms with van der Waals surface area (Å²) in [6, 6.07) is 16.8. The second kappa shape index (κ2) is 7.31. The topological polar surface area (TPSA) is 61.9 Å². The summed E-state index contributed by atoms with van der Waals surface area (Å²) in [5, 5.41) is 2.93. The number of carbonyl (C=O) groups excluding carboxylic acids is 2. The second-order valence-electron chi connectivity index (χ2n) is 7.15. The number of hydrogen-bond acceptors (Lipinski definition) is 3. The van der Waals surface area contributed by atoms with Crippen molar-refractivity contribution in [1.82, 2.24) is 9.80 Å². The monoisotopic (exact) mass is 365 g/mol. The van der Waals surface area contributed by atoms with Gasteiger partial charge < -0.3 is 19.9 Å². The summed E-state index contributed by atoms with van der Waals surface area (Å²) < 4.78 is 5.77. The van der Waals surface area contributed by atoms with Crippen molar-refractivity contribution in [3.05, 3.63) is 54.6 Å². The van der Waals surface area contributed by atoms with E-state index in [9.17, 15) is 9.59 Å². The number of likely N-dealkylation sites (N-methyl/N-ethyl adjacent to an activating group) is 1. The summed E-state index contributed by atoms with van der Waals surface area (Å²) in [6.07, 6.45) is 1.82. The van der Waals surface area contributed by atoms with Crippen LogP contribution in [-0.2, 0) is 4.79 Å². The first kappa shape index (κ1) is 17.4. The van der Waals surface area contributed by atoms with Crippen LogP contribution in [0.25, 0.3) is 0 Å². The van der Waals surface area contributed by atoms with Gasteiger partial charge in [0.25, 0.3) is 0 Å². The van der Waals surface area contributed by atoms with Crippen LogP contribution in [0.2, 0.25) is 0 Å². The van der Waals surface area contributed by atoms with Crippen molar-refractivity contribution in [2.45, 2.75) is 18.9 Å². The highest BCUT2D eigenvalue weighted by Gasteiger charge is 2.40. The van der Waals surface area contributed by atoms with E-state index in [-0.39, 0.29) is 23.9 Å². The van der Waals surface area contributed by atoms with Gasteiger partial charge in [0.1, 0.15) is 11.5 Å². The minimum atomic E-state index is -0.160. The molecule has 3 aliphatic rings. The maximum absolute atomic E-state index is 12.7. The van der Waals surface area contributed by atoms with E-state index in [0.29, 0.717) is 24.5 Å². The molecule has 2 unspecified atom stereocenters. The molecule has 3 amide bonds. The van der Waals surface area contributed by atoms with E-state index in [1.54, 1.807) is 9.80 Å². The number of rotatable bonds is 3. The molecule has 27 heavy (non-hydrogen) atoms. The Morgan fingerprint density at radius 2 is 1.70 bits per heavy atom. The number of para-hydroxylation sites is 1. The SMILES string of the molecule is CN1C(=O)C2CCC1CN(C(=O)Nc1ccc(Oc3ccccc3)cc1)C2. The molecule has 2 bridgehead atoms. The molecule has 3 heterocycles. The Morgan fingerprint density at radius 3 is 2.44 bits per heavy atom. The van der Waals surface area contributed by atoms with Gasteiger partial charge in [-0.3, -0.25) is 4.79 Å². The van der Waals surface area contributed by atoms with Crippen LogP contribution in [-0.4, -0.2) is 47.9 Å². The van der Waals surface area contributed by atoms with Gasteiger partial charge in [0.2, 0.25) is 5.91 Å². The number of carbonyl (C=O) groups is 2. The maximum Gasteiger partial charge on any atom is 0.321 e. The summed E-state index contributed by atoms with van der Waals surface area (Å²) in [5.74, 6) is 1.55. The van der Waals surface area contributed by atoms with Crippen molar-refractivity contribution < 1.29 is 14.3 Å². The Morgan fingerprint density at radius 1 is 1.00 bits per heavy atom. The molecule has 1 N–H and O–H groups in total. The Balaban J connectivity index is 1.39. The van der Waals surface area contributed by atoms with Crippen LogP contribution in [0.15, 0.2) is 54.6 Å². The maximum atomic E-state index is 12.7. The number of nitrogens with zero attached hydrogens (tertiary/aromatic N) is 2. The lowest BCUT2D eigenvalue weighted by atomic mass is 9.95. The number of amides is 3. The van der Waals surface area contributed by atoms with Gasteiger partial charge in [0, 0.05) is 31.9 Å². The van der Waals surface area contributed by atoms with E-state index >= 15 is 0 Å². The highest BCUT2D eigenvalue weighted by molar-refractivity contribution is 5.90. The summed E-state index contributed by atoms with van der Waals surface area (Å²) in [7, 11) is 1.84. The molecule has 0 spiro atoms. The summed E-state index contributed by atoms with van der Waals surface area (Å²) in [4.78, 5) is 28.5. The number of nitrogens with one attached hydrogen (secondary N) is 1. The smallest absolute Gasteiger partial charge is 0.321 e. The van der Waals surface area contributed by atoms with Crippen LogP contribution in [0.5, 0.6) is 11.5 Å². The molecule has 3 fully saturated rings. The van der Waals surface area contributed by atoms with Crippen molar-refractivity contribution in [2.75, 3.05) is 25.5 Å². The first-order valence-electron chi connectivity index (χ1n) is 9.26. The number of piperidine rings is 1. The minimum Gasteiger partial charge on any atom is -0.457 e. The van der Waals surface area contributed by atoms with Gasteiger partial charge in [0.15, 0.2) is 0 Å². The third-order valence-corrected chi connectivity index (χ3v) is 5.34. The van der Waals surface area contributed by atoms with Gasteiger partial charge in [-0.1, -0.05) is 18.2 Å². The predicted octanol–water partition coefficient (Wildman–Crippen LogP) is 3.56. The highest BCUT2D eigenvalue weighted by Crippen LogP contribution is 2.28. The van der Waals surface area contributed by atoms with Crippen molar-refractivity contribution in [1.29, 1.82) is 0 Å². The summed E-state index contributed by atoms with van der Waals surface area (Å²) >= 11 is 0. The highest BCUT2D eigenvalue weighted by atomic mass is 16.5. The molecule has 3 saturated heterocycles. The molecule has 2 aromatic rings. The van der Waals surface area contributed by atoms with Crippen molar-refractivity contribution >= 4 is 17.6 Å². The van der Waals surface area contributed by atoms with Crippen LogP contribution in [0, 0.1) is 5.92 Å². The zero-order valence-corrected chi connectivity index (χ0v) is 15.3. The molecular weight excluding hydrogens is 342 g/mol. The Bertz CT molecular complexity index is 822. The number of urea groups is 1. The van der Waals surface area contributed by atoms with Crippen molar-refractivity contribution in [2.24, 2.45) is 5.92 Å². The van der Waals surface area contributed by atoms with E-state index in [4.69, 9.17) is 4.74 Å². The first-order chi connectivity index (χ1) is 13.1. The van der Waals surface area contributed by atoms with Crippen molar-refractivity contribution in [3.63, 3.8) is 0 Å². The van der Waals surface area contributed by atoms with Gasteiger partial charge in [-0.15, -0.1) is 0 Å². The van der Waals surface area contributed by atoms with Gasteiger partial charge in [0.05, 0.1) is 5.92 Å². The molecule has 6 heteroatoms. The first-order valence-corrected chi connectivity index (χ1v) is 9.26. The Kier molecular flexibility index (Phi) is 4.71. The van der Waals surface area contributed by atoms with Crippen LogP contribution >= 0.6 is 0 Å².